The third kappa shape index (κ3) is 3.72. The molecule has 88 valence electrons. The molecule has 0 amide bonds. The minimum absolute atomic E-state index is 0.943. The Hall–Kier alpha value is -1.06. The Morgan fingerprint density at radius 3 is 2.41 bits per heavy atom. The van der Waals surface area contributed by atoms with Crippen molar-refractivity contribution in [1.82, 2.24) is 0 Å². The minimum Gasteiger partial charge on any atom is -0.496 e. The third-order valence-corrected chi connectivity index (χ3v) is 4.62. The molecule has 0 saturated heterocycles. The normalized spacial score (nSPS) is 10.2. The fraction of sp³-hybridized carbons (Fsp3) is 0.143. The molecule has 0 spiro atoms. The maximum atomic E-state index is 5.31. The number of hydrogen-bond donors (Lipinski definition) is 0. The highest BCUT2D eigenvalue weighted by atomic mass is 33.1. The van der Waals surface area contributed by atoms with Crippen molar-refractivity contribution >= 4 is 21.6 Å². The Morgan fingerprint density at radius 1 is 0.941 bits per heavy atom. The predicted molar refractivity (Wildman–Crippen MR) is 76.6 cm³/mol. The molecular formula is C14H14OS2. The molecule has 0 radical (unpaired) electrons. The summed E-state index contributed by atoms with van der Waals surface area (Å²) in [4.78, 5) is 1.18. The van der Waals surface area contributed by atoms with E-state index in [1.807, 2.05) is 35.1 Å². The average molecular weight is 262 g/mol. The van der Waals surface area contributed by atoms with Crippen molar-refractivity contribution in [1.29, 1.82) is 0 Å². The first-order valence-corrected chi connectivity index (χ1v) is 7.68. The first-order chi connectivity index (χ1) is 8.40. The highest BCUT2D eigenvalue weighted by molar-refractivity contribution is 8.76. The molecule has 0 atom stereocenters. The zero-order valence-corrected chi connectivity index (χ0v) is 11.3. The standard InChI is InChI=1S/C14H14OS2/c1-15-13-9-5-6-10-14(13)17-16-11-12-7-3-2-4-8-12/h2-10H,11H2,1H3. The van der Waals surface area contributed by atoms with Crippen LogP contribution in [0.3, 0.4) is 0 Å². The van der Waals surface area contributed by atoms with Crippen LogP contribution in [0, 0.1) is 0 Å². The van der Waals surface area contributed by atoms with Gasteiger partial charge in [-0.25, -0.2) is 0 Å². The number of rotatable bonds is 5. The highest BCUT2D eigenvalue weighted by Gasteiger charge is 2.02. The Morgan fingerprint density at radius 2 is 1.65 bits per heavy atom. The van der Waals surface area contributed by atoms with Crippen LogP contribution in [0.5, 0.6) is 5.75 Å². The second-order valence-corrected chi connectivity index (χ2v) is 5.82. The summed E-state index contributed by atoms with van der Waals surface area (Å²) in [6.07, 6.45) is 0. The molecule has 0 aliphatic rings. The van der Waals surface area contributed by atoms with Gasteiger partial charge in [0.1, 0.15) is 5.75 Å². The van der Waals surface area contributed by atoms with E-state index in [4.69, 9.17) is 4.74 Å². The van der Waals surface area contributed by atoms with E-state index in [2.05, 4.69) is 30.3 Å². The number of benzene rings is 2. The second kappa shape index (κ2) is 6.62. The van der Waals surface area contributed by atoms with Gasteiger partial charge in [0.2, 0.25) is 0 Å². The molecular weight excluding hydrogens is 248 g/mol. The van der Waals surface area contributed by atoms with Gasteiger partial charge in [0.25, 0.3) is 0 Å². The fourth-order valence-electron chi connectivity index (χ4n) is 1.42. The van der Waals surface area contributed by atoms with Crippen molar-refractivity contribution in [3.05, 3.63) is 60.2 Å². The van der Waals surface area contributed by atoms with Crippen LogP contribution in [0.1, 0.15) is 5.56 Å². The van der Waals surface area contributed by atoms with Gasteiger partial charge in [-0.15, -0.1) is 0 Å². The van der Waals surface area contributed by atoms with Crippen LogP contribution < -0.4 is 4.74 Å². The minimum atomic E-state index is 0.943. The van der Waals surface area contributed by atoms with Crippen molar-refractivity contribution in [3.8, 4) is 5.75 Å². The monoisotopic (exact) mass is 262 g/mol. The molecule has 0 aliphatic carbocycles. The lowest BCUT2D eigenvalue weighted by molar-refractivity contribution is 0.405. The summed E-state index contributed by atoms with van der Waals surface area (Å²) in [7, 11) is 5.29. The Balaban J connectivity index is 1.90. The Bertz CT molecular complexity index is 457. The van der Waals surface area contributed by atoms with Gasteiger partial charge in [-0.3, -0.25) is 0 Å². The van der Waals surface area contributed by atoms with E-state index >= 15 is 0 Å². The predicted octanol–water partition coefficient (Wildman–Crippen LogP) is 4.64. The Kier molecular flexibility index (Phi) is 4.83. The fourth-order valence-corrected chi connectivity index (χ4v) is 3.68. The van der Waals surface area contributed by atoms with E-state index in [1.165, 1.54) is 10.5 Å². The molecule has 0 aromatic heterocycles. The molecule has 0 unspecified atom stereocenters. The summed E-state index contributed by atoms with van der Waals surface area (Å²) >= 11 is 0. The molecule has 0 N–H and O–H groups in total. The molecule has 2 rings (SSSR count). The van der Waals surface area contributed by atoms with E-state index in [1.54, 1.807) is 17.9 Å². The number of ether oxygens (including phenoxy) is 1. The van der Waals surface area contributed by atoms with Crippen LogP contribution in [0.25, 0.3) is 0 Å². The lowest BCUT2D eigenvalue weighted by Gasteiger charge is -2.06. The topological polar surface area (TPSA) is 9.23 Å². The van der Waals surface area contributed by atoms with Gasteiger partial charge in [0.15, 0.2) is 0 Å². The van der Waals surface area contributed by atoms with Gasteiger partial charge in [0.05, 0.1) is 12.0 Å². The first-order valence-electron chi connectivity index (χ1n) is 5.36. The molecule has 2 aromatic rings. The van der Waals surface area contributed by atoms with Crippen LogP contribution in [0.4, 0.5) is 0 Å². The zero-order valence-electron chi connectivity index (χ0n) is 9.63. The summed E-state index contributed by atoms with van der Waals surface area (Å²) in [5.41, 5.74) is 1.35. The van der Waals surface area contributed by atoms with E-state index in [0.29, 0.717) is 0 Å². The Labute approximate surface area is 110 Å². The molecule has 0 heterocycles. The quantitative estimate of drug-likeness (QED) is 0.727. The lowest BCUT2D eigenvalue weighted by Crippen LogP contribution is -1.84. The van der Waals surface area contributed by atoms with Crippen LogP contribution in [-0.2, 0) is 5.75 Å². The maximum Gasteiger partial charge on any atom is 0.133 e. The van der Waals surface area contributed by atoms with Crippen LogP contribution in [0.2, 0.25) is 0 Å². The van der Waals surface area contributed by atoms with Gasteiger partial charge < -0.3 is 4.74 Å². The van der Waals surface area contributed by atoms with Crippen molar-refractivity contribution in [3.63, 3.8) is 0 Å². The molecule has 0 fully saturated rings. The molecule has 0 bridgehead atoms. The molecule has 3 heteroatoms. The van der Waals surface area contributed by atoms with Gasteiger partial charge >= 0.3 is 0 Å². The smallest absolute Gasteiger partial charge is 0.133 e. The largest absolute Gasteiger partial charge is 0.496 e. The van der Waals surface area contributed by atoms with E-state index in [0.717, 1.165) is 11.5 Å². The summed E-state index contributed by atoms with van der Waals surface area (Å²) < 4.78 is 5.31. The second-order valence-electron chi connectivity index (χ2n) is 3.48. The lowest BCUT2D eigenvalue weighted by atomic mass is 10.2. The number of methoxy groups -OCH3 is 1. The van der Waals surface area contributed by atoms with Gasteiger partial charge in [-0.05, 0) is 17.7 Å². The maximum absolute atomic E-state index is 5.31. The molecule has 2 aromatic carbocycles. The van der Waals surface area contributed by atoms with E-state index < -0.39 is 0 Å². The molecule has 0 aliphatic heterocycles. The van der Waals surface area contributed by atoms with Crippen LogP contribution >= 0.6 is 21.6 Å². The molecule has 1 nitrogen and oxygen atoms in total. The summed E-state index contributed by atoms with van der Waals surface area (Å²) in [6, 6.07) is 18.6. The average Bonchev–Trinajstić information content (AvgIpc) is 2.40. The SMILES string of the molecule is COc1ccccc1SSCc1ccccc1. The van der Waals surface area contributed by atoms with Crippen molar-refractivity contribution < 1.29 is 4.74 Å². The molecule has 17 heavy (non-hydrogen) atoms. The van der Waals surface area contributed by atoms with Crippen LogP contribution in [0.15, 0.2) is 59.5 Å². The summed E-state index contributed by atoms with van der Waals surface area (Å²) in [5, 5.41) is 0. The van der Waals surface area contributed by atoms with Crippen molar-refractivity contribution in [2.24, 2.45) is 0 Å². The van der Waals surface area contributed by atoms with Crippen molar-refractivity contribution in [2.45, 2.75) is 10.6 Å². The highest BCUT2D eigenvalue weighted by Crippen LogP contribution is 2.38. The van der Waals surface area contributed by atoms with Gasteiger partial charge in [0, 0.05) is 5.75 Å². The van der Waals surface area contributed by atoms with Gasteiger partial charge in [-0.2, -0.15) is 0 Å². The zero-order chi connectivity index (χ0) is 11.9. The van der Waals surface area contributed by atoms with Crippen LogP contribution in [-0.4, -0.2) is 7.11 Å². The van der Waals surface area contributed by atoms with Gasteiger partial charge in [-0.1, -0.05) is 64.1 Å². The summed E-state index contributed by atoms with van der Waals surface area (Å²) in [6.45, 7) is 0. The number of hydrogen-bond acceptors (Lipinski definition) is 3. The first kappa shape index (κ1) is 12.4. The van der Waals surface area contributed by atoms with E-state index in [-0.39, 0.29) is 0 Å². The van der Waals surface area contributed by atoms with E-state index in [9.17, 15) is 0 Å². The van der Waals surface area contributed by atoms with Crippen molar-refractivity contribution in [2.75, 3.05) is 7.11 Å². The number of para-hydroxylation sites is 1. The third-order valence-electron chi connectivity index (χ3n) is 2.29. The molecule has 0 saturated carbocycles. The summed E-state index contributed by atoms with van der Waals surface area (Å²) in [5.74, 6) is 1.95.